The van der Waals surface area contributed by atoms with E-state index in [-0.39, 0.29) is 0 Å². The second kappa shape index (κ2) is 10.0. The first-order valence-corrected chi connectivity index (χ1v) is 17.0. The van der Waals surface area contributed by atoms with Crippen molar-refractivity contribution in [1.82, 2.24) is 9.97 Å². The van der Waals surface area contributed by atoms with Crippen molar-refractivity contribution in [3.63, 3.8) is 0 Å². The highest BCUT2D eigenvalue weighted by atomic mass is 32.1. The normalized spacial score (nSPS) is 11.9. The van der Waals surface area contributed by atoms with Crippen LogP contribution in [0.25, 0.3) is 95.5 Å². The van der Waals surface area contributed by atoms with Gasteiger partial charge in [0.15, 0.2) is 5.82 Å². The zero-order valence-electron chi connectivity index (χ0n) is 24.6. The second-order valence-corrected chi connectivity index (χ2v) is 14.0. The molecule has 3 aromatic heterocycles. The van der Waals surface area contributed by atoms with E-state index in [9.17, 15) is 0 Å². The molecule has 7 aromatic carbocycles. The molecule has 0 amide bonds. The highest BCUT2D eigenvalue weighted by Crippen LogP contribution is 2.46. The van der Waals surface area contributed by atoms with Crippen LogP contribution < -0.4 is 0 Å². The van der Waals surface area contributed by atoms with Crippen molar-refractivity contribution in [3.8, 4) is 33.6 Å². The van der Waals surface area contributed by atoms with Gasteiger partial charge >= 0.3 is 0 Å². The van der Waals surface area contributed by atoms with Crippen LogP contribution in [0.2, 0.25) is 0 Å². The van der Waals surface area contributed by atoms with E-state index in [1.54, 1.807) is 0 Å². The topological polar surface area (TPSA) is 25.8 Å². The number of aromatic nitrogens is 2. The molecule has 0 aliphatic rings. The molecule has 214 valence electrons. The van der Waals surface area contributed by atoms with Crippen LogP contribution in [-0.4, -0.2) is 9.97 Å². The number of nitrogens with zero attached hydrogens (tertiary/aromatic N) is 2. The zero-order chi connectivity index (χ0) is 30.2. The summed E-state index contributed by atoms with van der Waals surface area (Å²) in [5.74, 6) is 0.731. The number of rotatable bonds is 3. The summed E-state index contributed by atoms with van der Waals surface area (Å²) in [5, 5.41) is 10.3. The quantitative estimate of drug-likeness (QED) is 0.196. The molecule has 0 radical (unpaired) electrons. The molecule has 0 fully saturated rings. The molecule has 0 saturated carbocycles. The van der Waals surface area contributed by atoms with Gasteiger partial charge < -0.3 is 0 Å². The monoisotopic (exact) mass is 620 g/mol. The predicted octanol–water partition coefficient (Wildman–Crippen LogP) is 12.5. The third kappa shape index (κ3) is 4.08. The van der Waals surface area contributed by atoms with Gasteiger partial charge in [0.25, 0.3) is 0 Å². The van der Waals surface area contributed by atoms with E-state index in [1.807, 2.05) is 35.1 Å². The molecule has 0 aliphatic carbocycles. The Bertz CT molecular complexity index is 2780. The molecule has 0 saturated heterocycles. The fourth-order valence-corrected chi connectivity index (χ4v) is 9.46. The van der Waals surface area contributed by atoms with Crippen molar-refractivity contribution >= 4 is 84.6 Å². The van der Waals surface area contributed by atoms with E-state index < -0.39 is 0 Å². The molecule has 0 bridgehead atoms. The van der Waals surface area contributed by atoms with Crippen molar-refractivity contribution in [3.05, 3.63) is 146 Å². The Morgan fingerprint density at radius 2 is 0.935 bits per heavy atom. The molecule has 46 heavy (non-hydrogen) atoms. The third-order valence-electron chi connectivity index (χ3n) is 9.14. The van der Waals surface area contributed by atoms with E-state index in [0.29, 0.717) is 0 Å². The second-order valence-electron chi connectivity index (χ2n) is 11.9. The van der Waals surface area contributed by atoms with Gasteiger partial charge in [-0.25, -0.2) is 9.97 Å². The summed E-state index contributed by atoms with van der Waals surface area (Å²) in [6.07, 6.45) is 3.89. The molecule has 0 atom stereocenters. The SMILES string of the molecule is c1ccc2cc3c(cc2c1)sc1c2cc4ccc(-c5cnc(-c6ccc(-c7cccc8ccccc78)cc6)nc5)cc4cc2sc31. The van der Waals surface area contributed by atoms with E-state index in [4.69, 9.17) is 9.97 Å². The van der Waals surface area contributed by atoms with Crippen molar-refractivity contribution in [2.24, 2.45) is 0 Å². The van der Waals surface area contributed by atoms with Crippen LogP contribution in [0.1, 0.15) is 0 Å². The van der Waals surface area contributed by atoms with Gasteiger partial charge in [-0.1, -0.05) is 103 Å². The average molecular weight is 621 g/mol. The van der Waals surface area contributed by atoms with E-state index in [1.165, 1.54) is 73.0 Å². The predicted molar refractivity (Wildman–Crippen MR) is 199 cm³/mol. The van der Waals surface area contributed by atoms with Crippen LogP contribution in [0.3, 0.4) is 0 Å². The molecule has 0 spiro atoms. The van der Waals surface area contributed by atoms with Crippen molar-refractivity contribution in [2.45, 2.75) is 0 Å². The van der Waals surface area contributed by atoms with Gasteiger partial charge in [-0.3, -0.25) is 0 Å². The van der Waals surface area contributed by atoms with Crippen LogP contribution in [0, 0.1) is 0 Å². The first-order valence-electron chi connectivity index (χ1n) is 15.4. The highest BCUT2D eigenvalue weighted by Gasteiger charge is 2.14. The molecule has 0 unspecified atom stereocenters. The molecule has 0 N–H and O–H groups in total. The Hall–Kier alpha value is -5.42. The van der Waals surface area contributed by atoms with Crippen molar-refractivity contribution in [2.75, 3.05) is 0 Å². The first kappa shape index (κ1) is 25.9. The van der Waals surface area contributed by atoms with Gasteiger partial charge in [-0.15, -0.1) is 22.7 Å². The minimum atomic E-state index is 0.731. The fourth-order valence-electron chi connectivity index (χ4n) is 6.77. The van der Waals surface area contributed by atoms with Gasteiger partial charge in [0.05, 0.1) is 9.40 Å². The molecular formula is C42H24N2S2. The first-order chi connectivity index (χ1) is 22.7. The third-order valence-corrected chi connectivity index (χ3v) is 11.6. The maximum absolute atomic E-state index is 4.77. The Kier molecular flexibility index (Phi) is 5.65. The van der Waals surface area contributed by atoms with Crippen LogP contribution in [0.15, 0.2) is 146 Å². The summed E-state index contributed by atoms with van der Waals surface area (Å²) in [6, 6.07) is 48.3. The lowest BCUT2D eigenvalue weighted by molar-refractivity contribution is 1.18. The Morgan fingerprint density at radius 1 is 0.370 bits per heavy atom. The van der Waals surface area contributed by atoms with Crippen LogP contribution in [0.4, 0.5) is 0 Å². The minimum absolute atomic E-state index is 0.731. The number of hydrogen-bond acceptors (Lipinski definition) is 4. The standard InChI is InChI=1S/C42H24N2S2/c1-2-8-29-21-38-36(19-28(29)7-1)40-41(45-38)37-20-31-17-16-30(18-32(31)22-39(37)46-40)33-23-43-42(44-24-33)27-14-12-26(13-15-27)35-11-5-9-25-6-3-4-10-34(25)35/h1-24H. The van der Waals surface area contributed by atoms with Crippen molar-refractivity contribution in [1.29, 1.82) is 0 Å². The summed E-state index contributed by atoms with van der Waals surface area (Å²) >= 11 is 3.82. The average Bonchev–Trinajstić information content (AvgIpc) is 3.64. The highest BCUT2D eigenvalue weighted by molar-refractivity contribution is 7.36. The summed E-state index contributed by atoms with van der Waals surface area (Å²) in [7, 11) is 0. The van der Waals surface area contributed by atoms with Gasteiger partial charge in [-0.05, 0) is 79.3 Å². The maximum atomic E-state index is 4.77. The molecule has 10 aromatic rings. The largest absolute Gasteiger partial charge is 0.236 e. The summed E-state index contributed by atoms with van der Waals surface area (Å²) in [5.41, 5.74) is 5.58. The van der Waals surface area contributed by atoms with Gasteiger partial charge in [0.2, 0.25) is 0 Å². The van der Waals surface area contributed by atoms with Crippen LogP contribution >= 0.6 is 22.7 Å². The van der Waals surface area contributed by atoms with Gasteiger partial charge in [0.1, 0.15) is 0 Å². The molecule has 3 heterocycles. The fraction of sp³-hybridized carbons (Fsp3) is 0. The van der Waals surface area contributed by atoms with Gasteiger partial charge in [0, 0.05) is 43.7 Å². The van der Waals surface area contributed by atoms with E-state index >= 15 is 0 Å². The summed E-state index contributed by atoms with van der Waals surface area (Å²) in [4.78, 5) is 9.54. The van der Waals surface area contributed by atoms with Crippen molar-refractivity contribution < 1.29 is 0 Å². The molecule has 0 aliphatic heterocycles. The lowest BCUT2D eigenvalue weighted by Gasteiger charge is -2.08. The van der Waals surface area contributed by atoms with Gasteiger partial charge in [-0.2, -0.15) is 0 Å². The summed E-state index contributed by atoms with van der Waals surface area (Å²) in [6.45, 7) is 0. The molecular weight excluding hydrogens is 597 g/mol. The smallest absolute Gasteiger partial charge is 0.159 e. The van der Waals surface area contributed by atoms with E-state index in [2.05, 4.69) is 133 Å². The lowest BCUT2D eigenvalue weighted by Crippen LogP contribution is -1.90. The zero-order valence-corrected chi connectivity index (χ0v) is 26.2. The Morgan fingerprint density at radius 3 is 1.67 bits per heavy atom. The summed E-state index contributed by atoms with van der Waals surface area (Å²) < 4.78 is 5.48. The van der Waals surface area contributed by atoms with E-state index in [0.717, 1.165) is 22.5 Å². The molecule has 10 rings (SSSR count). The lowest BCUT2D eigenvalue weighted by atomic mass is 9.97. The minimum Gasteiger partial charge on any atom is -0.236 e. The Balaban J connectivity index is 0.976. The number of hydrogen-bond donors (Lipinski definition) is 0. The molecule has 2 nitrogen and oxygen atoms in total. The number of thiophene rings is 2. The Labute approximate surface area is 272 Å². The van der Waals surface area contributed by atoms with Crippen LogP contribution in [-0.2, 0) is 0 Å². The number of fused-ring (bicyclic) bond motifs is 8. The maximum Gasteiger partial charge on any atom is 0.159 e. The molecule has 4 heteroatoms. The van der Waals surface area contributed by atoms with Crippen LogP contribution in [0.5, 0.6) is 0 Å². The number of benzene rings is 7.